The zero-order chi connectivity index (χ0) is 13.3. The summed E-state index contributed by atoms with van der Waals surface area (Å²) in [5.74, 6) is -0.459. The van der Waals surface area contributed by atoms with E-state index in [0.717, 1.165) is 0 Å². The fourth-order valence-corrected chi connectivity index (χ4v) is 1.94. The maximum atomic E-state index is 13.1. The minimum Gasteiger partial charge on any atom is -0.258 e. The predicted octanol–water partition coefficient (Wildman–Crippen LogP) is 3.14. The van der Waals surface area contributed by atoms with Crippen molar-refractivity contribution in [3.63, 3.8) is 0 Å². The van der Waals surface area contributed by atoms with Gasteiger partial charge in [0, 0.05) is 0 Å². The van der Waals surface area contributed by atoms with Crippen LogP contribution in [0, 0.1) is 15.9 Å². The van der Waals surface area contributed by atoms with E-state index in [-0.39, 0.29) is 16.5 Å². The average Bonchev–Trinajstić information content (AvgIpc) is 2.66. The smallest absolute Gasteiger partial charge is 0.258 e. The number of hydrogen-bond acceptors (Lipinski definition) is 3. The predicted molar refractivity (Wildman–Crippen MR) is 64.6 cm³/mol. The monoisotopic (exact) mass is 269 g/mol. The molecule has 2 aromatic rings. The van der Waals surface area contributed by atoms with E-state index in [1.54, 1.807) is 13.0 Å². The van der Waals surface area contributed by atoms with E-state index in [2.05, 4.69) is 5.10 Å². The van der Waals surface area contributed by atoms with Crippen LogP contribution in [0.25, 0.3) is 5.69 Å². The minimum atomic E-state index is -0.579. The SMILES string of the molecule is CCc1nn(-c2cccc(F)c2)c(Cl)c1[N+](=O)[O-]. The molecule has 94 valence electrons. The fourth-order valence-electron chi connectivity index (χ4n) is 1.63. The van der Waals surface area contributed by atoms with Crippen LogP contribution in [0.15, 0.2) is 24.3 Å². The molecule has 0 saturated heterocycles. The highest BCUT2D eigenvalue weighted by Crippen LogP contribution is 2.30. The quantitative estimate of drug-likeness (QED) is 0.635. The molecule has 1 aromatic heterocycles. The van der Waals surface area contributed by atoms with E-state index in [1.165, 1.54) is 22.9 Å². The van der Waals surface area contributed by atoms with Crippen LogP contribution in [-0.4, -0.2) is 14.7 Å². The molecule has 0 aliphatic carbocycles. The van der Waals surface area contributed by atoms with Crippen molar-refractivity contribution < 1.29 is 9.31 Å². The zero-order valence-corrected chi connectivity index (χ0v) is 10.2. The van der Waals surface area contributed by atoms with Crippen molar-refractivity contribution in [2.24, 2.45) is 0 Å². The number of nitro groups is 1. The van der Waals surface area contributed by atoms with Gasteiger partial charge in [-0.05, 0) is 24.6 Å². The highest BCUT2D eigenvalue weighted by atomic mass is 35.5. The fraction of sp³-hybridized carbons (Fsp3) is 0.182. The van der Waals surface area contributed by atoms with Gasteiger partial charge in [-0.2, -0.15) is 5.10 Å². The van der Waals surface area contributed by atoms with Crippen molar-refractivity contribution in [3.8, 4) is 5.69 Å². The van der Waals surface area contributed by atoms with Crippen LogP contribution in [0.5, 0.6) is 0 Å². The van der Waals surface area contributed by atoms with Gasteiger partial charge >= 0.3 is 5.69 Å². The maximum absolute atomic E-state index is 13.1. The van der Waals surface area contributed by atoms with E-state index >= 15 is 0 Å². The Kier molecular flexibility index (Phi) is 3.29. The van der Waals surface area contributed by atoms with E-state index < -0.39 is 10.7 Å². The Bertz CT molecular complexity index is 612. The summed E-state index contributed by atoms with van der Waals surface area (Å²) in [7, 11) is 0. The molecule has 0 aliphatic heterocycles. The van der Waals surface area contributed by atoms with Crippen molar-refractivity contribution in [3.05, 3.63) is 51.0 Å². The van der Waals surface area contributed by atoms with Crippen molar-refractivity contribution in [1.82, 2.24) is 9.78 Å². The van der Waals surface area contributed by atoms with Crippen molar-refractivity contribution in [2.45, 2.75) is 13.3 Å². The molecular weight excluding hydrogens is 261 g/mol. The van der Waals surface area contributed by atoms with Crippen LogP contribution in [0.1, 0.15) is 12.6 Å². The minimum absolute atomic E-state index is 0.123. The Morgan fingerprint density at radius 2 is 2.28 bits per heavy atom. The summed E-state index contributed by atoms with van der Waals surface area (Å²) in [5.41, 5.74) is 0.389. The van der Waals surface area contributed by atoms with E-state index in [4.69, 9.17) is 11.6 Å². The molecular formula is C11H9ClFN3O2. The number of halogens is 2. The number of rotatable bonds is 3. The molecule has 0 spiro atoms. The van der Waals surface area contributed by atoms with Gasteiger partial charge in [0.1, 0.15) is 11.5 Å². The van der Waals surface area contributed by atoms with Crippen LogP contribution >= 0.6 is 11.6 Å². The van der Waals surface area contributed by atoms with Crippen LogP contribution in [-0.2, 0) is 6.42 Å². The Balaban J connectivity index is 2.63. The van der Waals surface area contributed by atoms with Gasteiger partial charge in [0.2, 0.25) is 5.15 Å². The molecule has 1 aromatic carbocycles. The molecule has 0 N–H and O–H groups in total. The van der Waals surface area contributed by atoms with Crippen molar-refractivity contribution >= 4 is 17.3 Å². The number of nitrogens with zero attached hydrogens (tertiary/aromatic N) is 3. The largest absolute Gasteiger partial charge is 0.329 e. The van der Waals surface area contributed by atoms with Gasteiger partial charge < -0.3 is 0 Å². The van der Waals surface area contributed by atoms with Gasteiger partial charge in [0.05, 0.1) is 10.6 Å². The number of aryl methyl sites for hydroxylation is 1. The molecule has 0 aliphatic rings. The van der Waals surface area contributed by atoms with Crippen LogP contribution in [0.2, 0.25) is 5.15 Å². The molecule has 5 nitrogen and oxygen atoms in total. The molecule has 1 heterocycles. The van der Waals surface area contributed by atoms with E-state index in [9.17, 15) is 14.5 Å². The summed E-state index contributed by atoms with van der Waals surface area (Å²) in [6, 6.07) is 5.54. The summed E-state index contributed by atoms with van der Waals surface area (Å²) >= 11 is 5.93. The normalized spacial score (nSPS) is 10.6. The van der Waals surface area contributed by atoms with Gasteiger partial charge in [-0.25, -0.2) is 9.07 Å². The molecule has 0 fully saturated rings. The summed E-state index contributed by atoms with van der Waals surface area (Å²) in [5, 5.41) is 14.8. The Morgan fingerprint density at radius 3 is 2.78 bits per heavy atom. The van der Waals surface area contributed by atoms with Crippen molar-refractivity contribution in [1.29, 1.82) is 0 Å². The Labute approximate surface area is 107 Å². The summed E-state index contributed by atoms with van der Waals surface area (Å²) < 4.78 is 14.3. The number of aromatic nitrogens is 2. The third kappa shape index (κ3) is 2.06. The molecule has 0 unspecified atom stereocenters. The summed E-state index contributed by atoms with van der Waals surface area (Å²) in [6.07, 6.45) is 0.373. The third-order valence-electron chi connectivity index (χ3n) is 2.45. The zero-order valence-electron chi connectivity index (χ0n) is 9.43. The second-order valence-electron chi connectivity index (χ2n) is 3.59. The molecule has 2 rings (SSSR count). The molecule has 18 heavy (non-hydrogen) atoms. The van der Waals surface area contributed by atoms with E-state index in [0.29, 0.717) is 12.1 Å². The molecule has 7 heteroatoms. The topological polar surface area (TPSA) is 61.0 Å². The average molecular weight is 270 g/mol. The number of benzene rings is 1. The maximum Gasteiger partial charge on any atom is 0.329 e. The summed E-state index contributed by atoms with van der Waals surface area (Å²) in [4.78, 5) is 10.3. The van der Waals surface area contributed by atoms with Gasteiger partial charge in [0.25, 0.3) is 0 Å². The molecule has 0 atom stereocenters. The second kappa shape index (κ2) is 4.73. The summed E-state index contributed by atoms with van der Waals surface area (Å²) in [6.45, 7) is 1.74. The van der Waals surface area contributed by atoms with Crippen molar-refractivity contribution in [2.75, 3.05) is 0 Å². The molecule has 0 saturated carbocycles. The van der Waals surface area contributed by atoms with Crippen LogP contribution < -0.4 is 0 Å². The highest BCUT2D eigenvalue weighted by molar-refractivity contribution is 6.32. The first kappa shape index (κ1) is 12.5. The highest BCUT2D eigenvalue weighted by Gasteiger charge is 2.26. The Morgan fingerprint density at radius 1 is 1.56 bits per heavy atom. The van der Waals surface area contributed by atoms with Gasteiger partial charge in [-0.3, -0.25) is 10.1 Å². The van der Waals surface area contributed by atoms with Crippen LogP contribution in [0.4, 0.5) is 10.1 Å². The molecule has 0 radical (unpaired) electrons. The van der Waals surface area contributed by atoms with Gasteiger partial charge in [0.15, 0.2) is 0 Å². The van der Waals surface area contributed by atoms with E-state index in [1.807, 2.05) is 0 Å². The first-order valence-electron chi connectivity index (χ1n) is 5.22. The third-order valence-corrected chi connectivity index (χ3v) is 2.78. The van der Waals surface area contributed by atoms with Gasteiger partial charge in [-0.1, -0.05) is 24.6 Å². The number of hydrogen-bond donors (Lipinski definition) is 0. The lowest BCUT2D eigenvalue weighted by Gasteiger charge is -2.01. The van der Waals surface area contributed by atoms with Crippen LogP contribution in [0.3, 0.4) is 0 Å². The lowest BCUT2D eigenvalue weighted by Crippen LogP contribution is -1.97. The lowest BCUT2D eigenvalue weighted by atomic mass is 10.3. The molecule has 0 bridgehead atoms. The molecule has 0 amide bonds. The van der Waals surface area contributed by atoms with Gasteiger partial charge in [-0.15, -0.1) is 0 Å². The second-order valence-corrected chi connectivity index (χ2v) is 3.95. The Hall–Kier alpha value is -1.95. The first-order chi connectivity index (χ1) is 8.54. The first-order valence-corrected chi connectivity index (χ1v) is 5.60. The standard InChI is InChI=1S/C11H9ClFN3O2/c1-2-9-10(16(17)18)11(12)15(14-9)8-5-3-4-7(13)6-8/h3-6H,2H2,1H3. The lowest BCUT2D eigenvalue weighted by molar-refractivity contribution is -0.385.